The smallest absolute Gasteiger partial charge is 0.248 e. The Morgan fingerprint density at radius 3 is 2.66 bits per heavy atom. The number of aryl methyl sites for hydroxylation is 1. The lowest BCUT2D eigenvalue weighted by Gasteiger charge is -2.31. The summed E-state index contributed by atoms with van der Waals surface area (Å²) in [6.45, 7) is 1.50. The van der Waals surface area contributed by atoms with Crippen molar-refractivity contribution in [2.45, 2.75) is 24.7 Å². The van der Waals surface area contributed by atoms with Crippen LogP contribution in [0, 0.1) is 30.3 Å². The van der Waals surface area contributed by atoms with Crippen molar-refractivity contribution < 1.29 is 30.9 Å². The van der Waals surface area contributed by atoms with Gasteiger partial charge in [0.2, 0.25) is 15.9 Å². The number of aromatic nitrogens is 1. The van der Waals surface area contributed by atoms with Crippen LogP contribution in [0.5, 0.6) is 0 Å². The molecule has 184 valence electrons. The van der Waals surface area contributed by atoms with E-state index in [4.69, 9.17) is 4.52 Å². The molecule has 1 saturated heterocycles. The molecule has 2 aromatic carbocycles. The molecule has 0 radical (unpaired) electrons. The fraction of sp³-hybridized carbons (Fsp3) is 0.250. The fourth-order valence-corrected chi connectivity index (χ4v) is 5.68. The summed E-state index contributed by atoms with van der Waals surface area (Å²) in [6.07, 6.45) is 3.51. The van der Waals surface area contributed by atoms with Crippen LogP contribution >= 0.6 is 0 Å². The predicted molar refractivity (Wildman–Crippen MR) is 123 cm³/mol. The summed E-state index contributed by atoms with van der Waals surface area (Å²) in [4.78, 5) is 12.5. The molecule has 0 bridgehead atoms. The summed E-state index contributed by atoms with van der Waals surface area (Å²) in [6, 6.07) is 8.76. The molecule has 1 aromatic heterocycles. The molecule has 1 fully saturated rings. The van der Waals surface area contributed by atoms with Gasteiger partial charge in [0, 0.05) is 24.7 Å². The molecular weight excluding hydrogens is 483 g/mol. The average molecular weight is 506 g/mol. The minimum absolute atomic E-state index is 0.0642. The molecule has 1 unspecified atom stereocenters. The molecule has 2 heterocycles. The minimum Gasteiger partial charge on any atom is -0.355 e. The van der Waals surface area contributed by atoms with Gasteiger partial charge in [0.1, 0.15) is 23.1 Å². The number of nitrogens with one attached hydrogen (secondary N) is 1. The summed E-state index contributed by atoms with van der Waals surface area (Å²) < 4.78 is 74.3. The van der Waals surface area contributed by atoms with Crippen LogP contribution in [0.25, 0.3) is 12.2 Å². The van der Waals surface area contributed by atoms with Crippen LogP contribution in [0.15, 0.2) is 51.9 Å². The molecule has 0 spiro atoms. The zero-order valence-electron chi connectivity index (χ0n) is 18.7. The van der Waals surface area contributed by atoms with Crippen LogP contribution in [0.1, 0.15) is 29.9 Å². The van der Waals surface area contributed by atoms with E-state index in [0.29, 0.717) is 18.9 Å². The Morgan fingerprint density at radius 2 is 1.91 bits per heavy atom. The SMILES string of the molecule is Cc1noc(/C=C/c2ccccc2F)c1S(=O)(=O)N1CCCC(C(=O)Nc2ccc(F)cc2F)C1. The molecule has 1 aliphatic heterocycles. The van der Waals surface area contributed by atoms with Crippen LogP contribution in [0.2, 0.25) is 0 Å². The van der Waals surface area contributed by atoms with Gasteiger partial charge in [-0.2, -0.15) is 4.31 Å². The minimum atomic E-state index is -4.12. The second-order valence-electron chi connectivity index (χ2n) is 8.13. The molecule has 0 saturated carbocycles. The Labute approximate surface area is 200 Å². The van der Waals surface area contributed by atoms with E-state index in [1.54, 1.807) is 6.07 Å². The molecule has 1 atom stereocenters. The van der Waals surface area contributed by atoms with Crippen molar-refractivity contribution in [2.75, 3.05) is 18.4 Å². The average Bonchev–Trinajstić information content (AvgIpc) is 3.21. The van der Waals surface area contributed by atoms with Crippen molar-refractivity contribution >= 4 is 33.8 Å². The molecule has 11 heteroatoms. The number of sulfonamides is 1. The Morgan fingerprint density at radius 1 is 1.14 bits per heavy atom. The standard InChI is InChI=1S/C24H22F3N3O4S/c1-15-23(22(34-29-15)11-8-16-5-2-3-7-19(16)26)35(32,33)30-12-4-6-17(14-30)24(31)28-21-10-9-18(25)13-20(21)27/h2-3,5,7-11,13,17H,4,6,12,14H2,1H3,(H,28,31)/b11-8+. The Kier molecular flexibility index (Phi) is 7.08. The summed E-state index contributed by atoms with van der Waals surface area (Å²) in [5.74, 6) is -3.57. The quantitative estimate of drug-likeness (QED) is 0.528. The lowest BCUT2D eigenvalue weighted by molar-refractivity contribution is -0.120. The van der Waals surface area contributed by atoms with Crippen LogP contribution in [-0.2, 0) is 14.8 Å². The van der Waals surface area contributed by atoms with Gasteiger partial charge in [-0.15, -0.1) is 0 Å². The Hall–Kier alpha value is -3.44. The Balaban J connectivity index is 1.54. The maximum Gasteiger partial charge on any atom is 0.248 e. The summed E-state index contributed by atoms with van der Waals surface area (Å²) in [5.41, 5.74) is 0.178. The van der Waals surface area contributed by atoms with Gasteiger partial charge in [-0.1, -0.05) is 23.4 Å². The second-order valence-corrected chi connectivity index (χ2v) is 10.0. The van der Waals surface area contributed by atoms with Crippen LogP contribution in [0.3, 0.4) is 0 Å². The maximum atomic E-state index is 13.9. The molecule has 1 amide bonds. The van der Waals surface area contributed by atoms with Crippen molar-refractivity contribution in [1.29, 1.82) is 0 Å². The number of anilines is 1. The van der Waals surface area contributed by atoms with Gasteiger partial charge < -0.3 is 9.84 Å². The molecule has 4 rings (SSSR count). The van der Waals surface area contributed by atoms with Crippen molar-refractivity contribution in [3.63, 3.8) is 0 Å². The first kappa shape index (κ1) is 24.7. The van der Waals surface area contributed by atoms with E-state index in [9.17, 15) is 26.4 Å². The van der Waals surface area contributed by atoms with Gasteiger partial charge in [-0.3, -0.25) is 4.79 Å². The number of hydrogen-bond acceptors (Lipinski definition) is 5. The van der Waals surface area contributed by atoms with E-state index in [2.05, 4.69) is 10.5 Å². The maximum absolute atomic E-state index is 13.9. The number of nitrogens with zero attached hydrogens (tertiary/aromatic N) is 2. The van der Waals surface area contributed by atoms with Crippen molar-refractivity contribution in [1.82, 2.24) is 9.46 Å². The highest BCUT2D eigenvalue weighted by molar-refractivity contribution is 7.89. The summed E-state index contributed by atoms with van der Waals surface area (Å²) in [5, 5.41) is 6.16. The van der Waals surface area contributed by atoms with E-state index < -0.39 is 39.3 Å². The van der Waals surface area contributed by atoms with Gasteiger partial charge >= 0.3 is 0 Å². The normalized spacial score (nSPS) is 17.1. The third-order valence-electron chi connectivity index (χ3n) is 5.69. The summed E-state index contributed by atoms with van der Waals surface area (Å²) in [7, 11) is -4.12. The van der Waals surface area contributed by atoms with Crippen molar-refractivity contribution in [3.8, 4) is 0 Å². The highest BCUT2D eigenvalue weighted by Gasteiger charge is 2.37. The number of carbonyl (C=O) groups excluding carboxylic acids is 1. The highest BCUT2D eigenvalue weighted by Crippen LogP contribution is 2.30. The van der Waals surface area contributed by atoms with Crippen LogP contribution in [-0.4, -0.2) is 36.9 Å². The zero-order chi connectivity index (χ0) is 25.2. The number of benzene rings is 2. The third-order valence-corrected chi connectivity index (χ3v) is 7.72. The summed E-state index contributed by atoms with van der Waals surface area (Å²) >= 11 is 0. The second kappa shape index (κ2) is 10.0. The number of rotatable bonds is 6. The first-order valence-corrected chi connectivity index (χ1v) is 12.3. The fourth-order valence-electron chi connectivity index (χ4n) is 3.90. The molecule has 35 heavy (non-hydrogen) atoms. The molecule has 3 aromatic rings. The van der Waals surface area contributed by atoms with Gasteiger partial charge in [-0.25, -0.2) is 21.6 Å². The lowest BCUT2D eigenvalue weighted by atomic mass is 9.98. The Bertz CT molecular complexity index is 1390. The molecule has 0 aliphatic carbocycles. The number of hydrogen-bond donors (Lipinski definition) is 1. The topological polar surface area (TPSA) is 92.5 Å². The first-order valence-electron chi connectivity index (χ1n) is 10.8. The van der Waals surface area contributed by atoms with Crippen LogP contribution in [0.4, 0.5) is 18.9 Å². The van der Waals surface area contributed by atoms with E-state index in [0.717, 1.165) is 16.4 Å². The van der Waals surface area contributed by atoms with Gasteiger partial charge in [0.05, 0.1) is 11.6 Å². The van der Waals surface area contributed by atoms with Crippen LogP contribution < -0.4 is 5.32 Å². The largest absolute Gasteiger partial charge is 0.355 e. The molecular formula is C24H22F3N3O4S. The molecule has 1 N–H and O–H groups in total. The first-order chi connectivity index (χ1) is 16.7. The predicted octanol–water partition coefficient (Wildman–Crippen LogP) is 4.61. The van der Waals surface area contributed by atoms with Gasteiger partial charge in [-0.05, 0) is 50.1 Å². The van der Waals surface area contributed by atoms with E-state index in [-0.39, 0.29) is 40.7 Å². The van der Waals surface area contributed by atoms with E-state index in [1.807, 2.05) is 0 Å². The van der Waals surface area contributed by atoms with Crippen molar-refractivity contribution in [3.05, 3.63) is 76.9 Å². The van der Waals surface area contributed by atoms with E-state index in [1.165, 1.54) is 37.3 Å². The number of carbonyl (C=O) groups is 1. The molecule has 1 aliphatic rings. The number of amides is 1. The number of halogens is 3. The highest BCUT2D eigenvalue weighted by atomic mass is 32.2. The molecule has 7 nitrogen and oxygen atoms in total. The zero-order valence-corrected chi connectivity index (χ0v) is 19.5. The van der Waals surface area contributed by atoms with Crippen molar-refractivity contribution in [2.24, 2.45) is 5.92 Å². The van der Waals surface area contributed by atoms with Gasteiger partial charge in [0.25, 0.3) is 0 Å². The number of piperidine rings is 1. The lowest BCUT2D eigenvalue weighted by Crippen LogP contribution is -2.44. The van der Waals surface area contributed by atoms with Gasteiger partial charge in [0.15, 0.2) is 10.7 Å². The van der Waals surface area contributed by atoms with E-state index >= 15 is 0 Å². The monoisotopic (exact) mass is 505 g/mol. The third kappa shape index (κ3) is 5.30.